The van der Waals surface area contributed by atoms with Crippen LogP contribution >= 0.6 is 0 Å². The molecule has 1 N–H and O–H groups in total. The lowest BCUT2D eigenvalue weighted by Gasteiger charge is -2.30. The average molecular weight is 341 g/mol. The zero-order valence-electron chi connectivity index (χ0n) is 12.9. The van der Waals surface area contributed by atoms with E-state index in [2.05, 4.69) is 0 Å². The normalized spacial score (nSPS) is 24.7. The molecule has 24 heavy (non-hydrogen) atoms. The number of amides is 1. The molecule has 1 heterocycles. The van der Waals surface area contributed by atoms with Gasteiger partial charge in [-0.2, -0.15) is 13.2 Å². The van der Waals surface area contributed by atoms with Gasteiger partial charge in [-0.05, 0) is 42.9 Å². The molecule has 4 nitrogen and oxygen atoms in total. The minimum Gasteiger partial charge on any atom is -0.481 e. The topological polar surface area (TPSA) is 57.6 Å². The van der Waals surface area contributed by atoms with Crippen molar-refractivity contribution in [3.05, 3.63) is 35.4 Å². The van der Waals surface area contributed by atoms with Gasteiger partial charge in [-0.15, -0.1) is 0 Å². The van der Waals surface area contributed by atoms with E-state index in [0.29, 0.717) is 32.4 Å². The number of hydrogen-bond donors (Lipinski definition) is 1. The number of carboxylic acid groups (broad SMARTS) is 1. The van der Waals surface area contributed by atoms with E-state index in [1.165, 1.54) is 12.1 Å². The van der Waals surface area contributed by atoms with Gasteiger partial charge < -0.3 is 10.0 Å². The second kappa shape index (κ2) is 6.11. The standard InChI is InChI=1S/C17H18F3NO3/c18-17(19,20)12-3-1-10(2-4-12)13-9-14(13)15(22)21-7-5-11(6-8-21)16(23)24/h1-4,11,13-14H,5-9H2,(H,23,24)/t13-,14-/m0/s1. The summed E-state index contributed by atoms with van der Waals surface area (Å²) >= 11 is 0. The Morgan fingerprint density at radius 2 is 1.67 bits per heavy atom. The molecule has 0 bridgehead atoms. The number of carbonyl (C=O) groups is 2. The predicted molar refractivity (Wildman–Crippen MR) is 79.2 cm³/mol. The zero-order chi connectivity index (χ0) is 17.5. The SMILES string of the molecule is O=C(O)C1CCN(C(=O)[C@H]2C[C@H]2c2ccc(C(F)(F)F)cc2)CC1. The molecule has 2 aliphatic rings. The Hall–Kier alpha value is -2.05. The molecule has 1 aliphatic heterocycles. The van der Waals surface area contributed by atoms with Crippen molar-refractivity contribution < 1.29 is 27.9 Å². The van der Waals surface area contributed by atoms with Crippen LogP contribution in [0.4, 0.5) is 13.2 Å². The van der Waals surface area contributed by atoms with Crippen molar-refractivity contribution in [2.75, 3.05) is 13.1 Å². The van der Waals surface area contributed by atoms with Crippen molar-refractivity contribution in [2.24, 2.45) is 11.8 Å². The summed E-state index contributed by atoms with van der Waals surface area (Å²) in [5.41, 5.74) is 0.0623. The largest absolute Gasteiger partial charge is 0.481 e. The Kier molecular flexibility index (Phi) is 4.27. The molecule has 2 atom stereocenters. The zero-order valence-corrected chi connectivity index (χ0v) is 12.9. The van der Waals surface area contributed by atoms with E-state index < -0.39 is 17.7 Å². The van der Waals surface area contributed by atoms with Crippen LogP contribution in [-0.2, 0) is 15.8 Å². The van der Waals surface area contributed by atoms with E-state index in [-0.39, 0.29) is 23.7 Å². The number of aliphatic carboxylic acids is 1. The van der Waals surface area contributed by atoms with Gasteiger partial charge in [0.25, 0.3) is 0 Å². The summed E-state index contributed by atoms with van der Waals surface area (Å²) in [5.74, 6) is -1.45. The summed E-state index contributed by atoms with van der Waals surface area (Å²) in [6.45, 7) is 0.873. The van der Waals surface area contributed by atoms with E-state index in [0.717, 1.165) is 17.7 Å². The van der Waals surface area contributed by atoms with Gasteiger partial charge in [0, 0.05) is 19.0 Å². The second-order valence-corrected chi connectivity index (χ2v) is 6.51. The number of benzene rings is 1. The van der Waals surface area contributed by atoms with Gasteiger partial charge in [-0.3, -0.25) is 9.59 Å². The first-order valence-corrected chi connectivity index (χ1v) is 7.96. The van der Waals surface area contributed by atoms with Crippen molar-refractivity contribution in [3.8, 4) is 0 Å². The van der Waals surface area contributed by atoms with Crippen LogP contribution in [0.1, 0.15) is 36.3 Å². The second-order valence-electron chi connectivity index (χ2n) is 6.51. The van der Waals surface area contributed by atoms with Gasteiger partial charge in [0.05, 0.1) is 11.5 Å². The van der Waals surface area contributed by atoms with Gasteiger partial charge in [-0.1, -0.05) is 12.1 Å². The molecular formula is C17H18F3NO3. The molecule has 1 aromatic rings. The average Bonchev–Trinajstić information content (AvgIpc) is 3.34. The maximum atomic E-state index is 12.6. The number of rotatable bonds is 3. The molecule has 7 heteroatoms. The van der Waals surface area contributed by atoms with Crippen LogP contribution in [0.3, 0.4) is 0 Å². The summed E-state index contributed by atoms with van der Waals surface area (Å²) < 4.78 is 37.7. The van der Waals surface area contributed by atoms with Crippen LogP contribution in [0.2, 0.25) is 0 Å². The molecule has 1 aliphatic carbocycles. The molecule has 3 rings (SSSR count). The van der Waals surface area contributed by atoms with Crippen molar-refractivity contribution >= 4 is 11.9 Å². The van der Waals surface area contributed by atoms with E-state index in [1.807, 2.05) is 0 Å². The fourth-order valence-electron chi connectivity index (χ4n) is 3.34. The molecule has 0 unspecified atom stereocenters. The van der Waals surface area contributed by atoms with Gasteiger partial charge in [0.15, 0.2) is 0 Å². The number of likely N-dealkylation sites (tertiary alicyclic amines) is 1. The Labute approximate surface area is 137 Å². The van der Waals surface area contributed by atoms with E-state index >= 15 is 0 Å². The molecule has 0 spiro atoms. The van der Waals surface area contributed by atoms with Crippen LogP contribution in [0.15, 0.2) is 24.3 Å². The number of carboxylic acids is 1. The molecule has 0 radical (unpaired) electrons. The molecule has 1 aromatic carbocycles. The molecule has 1 amide bonds. The summed E-state index contributed by atoms with van der Waals surface area (Å²) in [6, 6.07) is 4.98. The Morgan fingerprint density at radius 3 is 2.17 bits per heavy atom. The van der Waals surface area contributed by atoms with Crippen LogP contribution < -0.4 is 0 Å². The predicted octanol–water partition coefficient (Wildman–Crippen LogP) is 3.13. The van der Waals surface area contributed by atoms with Crippen LogP contribution in [0.5, 0.6) is 0 Å². The first-order chi connectivity index (χ1) is 11.3. The van der Waals surface area contributed by atoms with Crippen molar-refractivity contribution in [1.82, 2.24) is 4.90 Å². The first kappa shape index (κ1) is 16.8. The number of hydrogen-bond acceptors (Lipinski definition) is 2. The smallest absolute Gasteiger partial charge is 0.416 e. The highest BCUT2D eigenvalue weighted by Crippen LogP contribution is 2.49. The Balaban J connectivity index is 1.57. The maximum Gasteiger partial charge on any atom is 0.416 e. The quantitative estimate of drug-likeness (QED) is 0.919. The molecule has 2 fully saturated rings. The van der Waals surface area contributed by atoms with Gasteiger partial charge in [0.1, 0.15) is 0 Å². The maximum absolute atomic E-state index is 12.6. The van der Waals surface area contributed by atoms with Crippen LogP contribution in [0.25, 0.3) is 0 Å². The Bertz CT molecular complexity index is 633. The molecule has 130 valence electrons. The minimum atomic E-state index is -4.36. The summed E-state index contributed by atoms with van der Waals surface area (Å²) in [7, 11) is 0. The summed E-state index contributed by atoms with van der Waals surface area (Å²) in [5, 5.41) is 8.97. The van der Waals surface area contributed by atoms with Crippen LogP contribution in [-0.4, -0.2) is 35.0 Å². The third-order valence-electron chi connectivity index (χ3n) is 4.93. The Morgan fingerprint density at radius 1 is 1.08 bits per heavy atom. The fraction of sp³-hybridized carbons (Fsp3) is 0.529. The highest BCUT2D eigenvalue weighted by Gasteiger charge is 2.46. The van der Waals surface area contributed by atoms with E-state index in [9.17, 15) is 22.8 Å². The van der Waals surface area contributed by atoms with Crippen molar-refractivity contribution in [2.45, 2.75) is 31.4 Å². The highest BCUT2D eigenvalue weighted by atomic mass is 19.4. The first-order valence-electron chi connectivity index (χ1n) is 7.96. The van der Waals surface area contributed by atoms with Crippen molar-refractivity contribution in [3.63, 3.8) is 0 Å². The van der Waals surface area contributed by atoms with Crippen LogP contribution in [0, 0.1) is 11.8 Å². The molecule has 0 aromatic heterocycles. The lowest BCUT2D eigenvalue weighted by Crippen LogP contribution is -2.41. The molecule has 1 saturated carbocycles. The number of carbonyl (C=O) groups excluding carboxylic acids is 1. The third-order valence-corrected chi connectivity index (χ3v) is 4.93. The summed E-state index contributed by atoms with van der Waals surface area (Å²) in [6.07, 6.45) is -2.80. The van der Waals surface area contributed by atoms with Gasteiger partial charge in [-0.25, -0.2) is 0 Å². The van der Waals surface area contributed by atoms with Gasteiger partial charge >= 0.3 is 12.1 Å². The number of piperidine rings is 1. The summed E-state index contributed by atoms with van der Waals surface area (Å²) in [4.78, 5) is 25.1. The lowest BCUT2D eigenvalue weighted by atomic mass is 9.96. The van der Waals surface area contributed by atoms with E-state index in [4.69, 9.17) is 5.11 Å². The molecular weight excluding hydrogens is 323 g/mol. The number of halogens is 3. The van der Waals surface area contributed by atoms with Crippen molar-refractivity contribution in [1.29, 1.82) is 0 Å². The monoisotopic (exact) mass is 341 g/mol. The lowest BCUT2D eigenvalue weighted by molar-refractivity contribution is -0.146. The number of alkyl halides is 3. The fourth-order valence-corrected chi connectivity index (χ4v) is 3.34. The van der Waals surface area contributed by atoms with E-state index in [1.54, 1.807) is 4.90 Å². The third kappa shape index (κ3) is 3.39. The number of nitrogens with zero attached hydrogens (tertiary/aromatic N) is 1. The highest BCUT2D eigenvalue weighted by molar-refractivity contribution is 5.83. The molecule has 1 saturated heterocycles. The minimum absolute atomic E-state index is 0.0104. The van der Waals surface area contributed by atoms with Gasteiger partial charge in [0.2, 0.25) is 5.91 Å².